The van der Waals surface area contributed by atoms with E-state index in [0.717, 1.165) is 45.1 Å². The number of halogens is 1. The second-order valence-electron chi connectivity index (χ2n) is 7.40. The van der Waals surface area contributed by atoms with E-state index >= 15 is 0 Å². The first-order chi connectivity index (χ1) is 12.1. The van der Waals surface area contributed by atoms with Gasteiger partial charge in [-0.05, 0) is 50.9 Å². The summed E-state index contributed by atoms with van der Waals surface area (Å²) >= 11 is 0. The van der Waals surface area contributed by atoms with Gasteiger partial charge >= 0.3 is 0 Å². The van der Waals surface area contributed by atoms with Gasteiger partial charge in [0.2, 0.25) is 0 Å². The normalized spacial score (nSPS) is 20.7. The standard InChI is InChI=1S/C19H33N5O.HI/c1-20-18(23(3)15-17-7-6-10-22(17)2)21-16-19(8-13-25-14-9-19)24-11-4-5-12-24;/h6-7,10H,4-5,8-9,11-16H2,1-3H3,(H,20,21);1H. The maximum Gasteiger partial charge on any atom is 0.193 e. The summed E-state index contributed by atoms with van der Waals surface area (Å²) in [6, 6.07) is 4.25. The number of guanidine groups is 1. The zero-order valence-electron chi connectivity index (χ0n) is 16.4. The maximum atomic E-state index is 5.65. The van der Waals surface area contributed by atoms with Crippen LogP contribution < -0.4 is 5.32 Å². The number of nitrogens with zero attached hydrogens (tertiary/aromatic N) is 4. The number of aliphatic imine (C=N–C) groups is 1. The fraction of sp³-hybridized carbons (Fsp3) is 0.737. The van der Waals surface area contributed by atoms with Crippen molar-refractivity contribution in [2.45, 2.75) is 37.8 Å². The summed E-state index contributed by atoms with van der Waals surface area (Å²) in [5, 5.41) is 3.66. The van der Waals surface area contributed by atoms with Gasteiger partial charge in [0.15, 0.2) is 5.96 Å². The Morgan fingerprint density at radius 1 is 1.31 bits per heavy atom. The molecule has 0 radical (unpaired) electrons. The molecule has 1 aromatic heterocycles. The maximum absolute atomic E-state index is 5.65. The van der Waals surface area contributed by atoms with E-state index in [0.29, 0.717) is 0 Å². The highest BCUT2D eigenvalue weighted by Gasteiger charge is 2.39. The summed E-state index contributed by atoms with van der Waals surface area (Å²) in [5.41, 5.74) is 1.50. The van der Waals surface area contributed by atoms with E-state index < -0.39 is 0 Å². The highest BCUT2D eigenvalue weighted by Crippen LogP contribution is 2.30. The minimum absolute atomic E-state index is 0. The quantitative estimate of drug-likeness (QED) is 0.404. The van der Waals surface area contributed by atoms with E-state index in [-0.39, 0.29) is 29.5 Å². The Labute approximate surface area is 175 Å². The van der Waals surface area contributed by atoms with E-state index in [1.54, 1.807) is 0 Å². The first kappa shape index (κ1) is 21.5. The van der Waals surface area contributed by atoms with Gasteiger partial charge < -0.3 is 19.5 Å². The van der Waals surface area contributed by atoms with Crippen molar-refractivity contribution < 1.29 is 4.74 Å². The van der Waals surface area contributed by atoms with Crippen molar-refractivity contribution >= 4 is 29.9 Å². The minimum atomic E-state index is 0. The Kier molecular flexibility index (Phi) is 8.22. The van der Waals surface area contributed by atoms with E-state index in [9.17, 15) is 0 Å². The molecule has 2 saturated heterocycles. The molecule has 0 aliphatic carbocycles. The third-order valence-corrected chi connectivity index (χ3v) is 5.80. The van der Waals surface area contributed by atoms with E-state index in [4.69, 9.17) is 4.74 Å². The third-order valence-electron chi connectivity index (χ3n) is 5.80. The topological polar surface area (TPSA) is 45.0 Å². The van der Waals surface area contributed by atoms with E-state index in [2.05, 4.69) is 57.1 Å². The monoisotopic (exact) mass is 475 g/mol. The van der Waals surface area contributed by atoms with Gasteiger partial charge in [0.25, 0.3) is 0 Å². The summed E-state index contributed by atoms with van der Waals surface area (Å²) in [6.45, 7) is 5.98. The zero-order chi connectivity index (χ0) is 17.7. The van der Waals surface area contributed by atoms with Crippen molar-refractivity contribution in [2.75, 3.05) is 46.9 Å². The lowest BCUT2D eigenvalue weighted by molar-refractivity contribution is -0.0166. The second-order valence-corrected chi connectivity index (χ2v) is 7.40. The average molecular weight is 475 g/mol. The van der Waals surface area contributed by atoms with Crippen LogP contribution in [0.2, 0.25) is 0 Å². The Morgan fingerprint density at radius 2 is 2.00 bits per heavy atom. The third kappa shape index (κ3) is 4.92. The fourth-order valence-electron chi connectivity index (χ4n) is 4.15. The summed E-state index contributed by atoms with van der Waals surface area (Å²) < 4.78 is 7.81. The summed E-state index contributed by atoms with van der Waals surface area (Å²) in [6.07, 6.45) is 6.95. The molecule has 3 rings (SSSR count). The van der Waals surface area contributed by atoms with Crippen LogP contribution in [0.4, 0.5) is 0 Å². The largest absolute Gasteiger partial charge is 0.381 e. The number of nitrogens with one attached hydrogen (secondary N) is 1. The van der Waals surface area contributed by atoms with Gasteiger partial charge in [-0.15, -0.1) is 24.0 Å². The number of aromatic nitrogens is 1. The zero-order valence-corrected chi connectivity index (χ0v) is 18.7. The van der Waals surface area contributed by atoms with Gasteiger partial charge in [-0.2, -0.15) is 0 Å². The van der Waals surface area contributed by atoms with E-state index in [1.165, 1.54) is 31.6 Å². The minimum Gasteiger partial charge on any atom is -0.381 e. The van der Waals surface area contributed by atoms with Crippen molar-refractivity contribution in [3.63, 3.8) is 0 Å². The second kappa shape index (κ2) is 9.94. The molecule has 0 aromatic carbocycles. The number of hydrogen-bond donors (Lipinski definition) is 1. The fourth-order valence-corrected chi connectivity index (χ4v) is 4.15. The summed E-state index contributed by atoms with van der Waals surface area (Å²) in [5.74, 6) is 0.964. The van der Waals surface area contributed by atoms with Crippen molar-refractivity contribution in [3.8, 4) is 0 Å². The molecule has 2 aliphatic rings. The van der Waals surface area contributed by atoms with Crippen LogP contribution in [0.25, 0.3) is 0 Å². The van der Waals surface area contributed by atoms with Crippen molar-refractivity contribution in [1.29, 1.82) is 0 Å². The molecule has 1 N–H and O–H groups in total. The Bertz CT molecular complexity index is 576. The molecule has 3 heterocycles. The molecule has 0 amide bonds. The Morgan fingerprint density at radius 3 is 2.58 bits per heavy atom. The molecule has 2 aliphatic heterocycles. The number of hydrogen-bond acceptors (Lipinski definition) is 3. The predicted octanol–water partition coefficient (Wildman–Crippen LogP) is 2.30. The first-order valence-electron chi connectivity index (χ1n) is 9.49. The molecule has 0 atom stereocenters. The van der Waals surface area contributed by atoms with Crippen LogP contribution in [0.3, 0.4) is 0 Å². The molecule has 0 unspecified atom stereocenters. The Hall–Kier alpha value is -0.800. The molecule has 0 bridgehead atoms. The molecule has 6 nitrogen and oxygen atoms in total. The van der Waals surface area contributed by atoms with Crippen LogP contribution in [0.15, 0.2) is 23.3 Å². The van der Waals surface area contributed by atoms with Crippen LogP contribution in [0, 0.1) is 0 Å². The van der Waals surface area contributed by atoms with Crippen LogP contribution >= 0.6 is 24.0 Å². The lowest BCUT2D eigenvalue weighted by Crippen LogP contribution is -2.58. The van der Waals surface area contributed by atoms with Crippen molar-refractivity contribution in [1.82, 2.24) is 19.7 Å². The SMILES string of the molecule is CN=C(NCC1(N2CCCC2)CCOCC1)N(C)Cc1cccn1C.I. The van der Waals surface area contributed by atoms with E-state index in [1.807, 2.05) is 7.05 Å². The molecule has 26 heavy (non-hydrogen) atoms. The van der Waals surface area contributed by atoms with Gasteiger partial charge in [0.1, 0.15) is 0 Å². The molecule has 2 fully saturated rings. The van der Waals surface area contributed by atoms with Gasteiger partial charge in [-0.1, -0.05) is 0 Å². The van der Waals surface area contributed by atoms with Crippen molar-refractivity contribution in [3.05, 3.63) is 24.0 Å². The van der Waals surface area contributed by atoms with Crippen LogP contribution in [0.5, 0.6) is 0 Å². The highest BCUT2D eigenvalue weighted by atomic mass is 127. The molecule has 0 saturated carbocycles. The van der Waals surface area contributed by atoms with Gasteiger partial charge in [0.05, 0.1) is 6.54 Å². The lowest BCUT2D eigenvalue weighted by atomic mass is 9.88. The first-order valence-corrected chi connectivity index (χ1v) is 9.49. The van der Waals surface area contributed by atoms with Crippen LogP contribution in [-0.4, -0.2) is 72.8 Å². The number of rotatable bonds is 5. The summed E-state index contributed by atoms with van der Waals surface area (Å²) in [4.78, 5) is 9.40. The number of ether oxygens (including phenoxy) is 1. The van der Waals surface area contributed by atoms with Gasteiger partial charge in [-0.3, -0.25) is 9.89 Å². The highest BCUT2D eigenvalue weighted by molar-refractivity contribution is 14.0. The Balaban J connectivity index is 0.00000243. The van der Waals surface area contributed by atoms with Crippen LogP contribution in [0.1, 0.15) is 31.4 Å². The molecule has 148 valence electrons. The lowest BCUT2D eigenvalue weighted by Gasteiger charge is -2.45. The summed E-state index contributed by atoms with van der Waals surface area (Å²) in [7, 11) is 6.06. The molecule has 0 spiro atoms. The smallest absolute Gasteiger partial charge is 0.193 e. The molecular formula is C19H34IN5O. The predicted molar refractivity (Wildman–Crippen MR) is 117 cm³/mol. The van der Waals surface area contributed by atoms with Crippen molar-refractivity contribution in [2.24, 2.45) is 12.0 Å². The molecular weight excluding hydrogens is 441 g/mol. The number of likely N-dealkylation sites (tertiary alicyclic amines) is 1. The average Bonchev–Trinajstić information content (AvgIpc) is 3.29. The molecule has 1 aromatic rings. The van der Waals surface area contributed by atoms with Crippen LogP contribution in [-0.2, 0) is 18.3 Å². The number of aryl methyl sites for hydroxylation is 1. The van der Waals surface area contributed by atoms with Gasteiger partial charge in [-0.25, -0.2) is 0 Å². The van der Waals surface area contributed by atoms with Gasteiger partial charge in [0, 0.05) is 58.3 Å². The molecule has 7 heteroatoms.